The molecule has 2 rings (SSSR count). The molecule has 0 spiro atoms. The van der Waals surface area contributed by atoms with Crippen molar-refractivity contribution in [3.8, 4) is 0 Å². The summed E-state index contributed by atoms with van der Waals surface area (Å²) in [5.74, 6) is 0. The van der Waals surface area contributed by atoms with Gasteiger partial charge < -0.3 is 10.2 Å². The summed E-state index contributed by atoms with van der Waals surface area (Å²) in [7, 11) is -3.68. The van der Waals surface area contributed by atoms with Crippen LogP contribution in [0.2, 0.25) is 0 Å². The molecule has 1 saturated heterocycles. The van der Waals surface area contributed by atoms with Gasteiger partial charge in [-0.25, -0.2) is 18.4 Å². The van der Waals surface area contributed by atoms with Crippen molar-refractivity contribution in [3.63, 3.8) is 0 Å². The van der Waals surface area contributed by atoms with E-state index < -0.39 is 10.0 Å². The molecule has 1 aliphatic heterocycles. The highest BCUT2D eigenvalue weighted by molar-refractivity contribution is 7.89. The summed E-state index contributed by atoms with van der Waals surface area (Å²) in [6.45, 7) is 3.45. The van der Waals surface area contributed by atoms with Crippen LogP contribution in [0.15, 0.2) is 29.2 Å². The maximum absolute atomic E-state index is 12.0. The van der Waals surface area contributed by atoms with Crippen LogP contribution in [-0.4, -0.2) is 32.4 Å². The summed E-state index contributed by atoms with van der Waals surface area (Å²) < 4.78 is 22.3. The lowest BCUT2D eigenvalue weighted by Crippen LogP contribution is -2.39. The van der Waals surface area contributed by atoms with Crippen LogP contribution in [-0.2, 0) is 10.0 Å². The Morgan fingerprint density at radius 3 is 2.30 bits per heavy atom. The number of nitrogens with one attached hydrogen (secondary N) is 1. The fraction of sp³-hybridized carbons (Fsp3) is 0.462. The van der Waals surface area contributed by atoms with Crippen molar-refractivity contribution in [1.29, 1.82) is 0 Å². The highest BCUT2D eigenvalue weighted by atomic mass is 32.2. The number of nitrogens with two attached hydrogens (primary N) is 1. The molecule has 0 unspecified atom stereocenters. The van der Waals surface area contributed by atoms with Gasteiger partial charge in [0.25, 0.3) is 0 Å². The number of benzene rings is 1. The highest BCUT2D eigenvalue weighted by Gasteiger charge is 2.19. The first-order valence-corrected chi connectivity index (χ1v) is 8.11. The maximum atomic E-state index is 12.0. The van der Waals surface area contributed by atoms with E-state index in [4.69, 9.17) is 5.14 Å². The van der Waals surface area contributed by atoms with E-state index in [1.165, 1.54) is 12.1 Å². The molecule has 7 heteroatoms. The Bertz CT molecular complexity index is 577. The molecule has 1 aromatic rings. The van der Waals surface area contributed by atoms with E-state index >= 15 is 0 Å². The van der Waals surface area contributed by atoms with Crippen molar-refractivity contribution in [2.75, 3.05) is 13.1 Å². The van der Waals surface area contributed by atoms with Crippen LogP contribution in [0.4, 0.5) is 4.79 Å². The maximum Gasteiger partial charge on any atom is 0.317 e. The van der Waals surface area contributed by atoms with Crippen molar-refractivity contribution >= 4 is 16.1 Å². The van der Waals surface area contributed by atoms with Crippen LogP contribution < -0.4 is 10.5 Å². The molecule has 1 aromatic carbocycles. The molecular weight excluding hydrogens is 278 g/mol. The van der Waals surface area contributed by atoms with Crippen LogP contribution in [0, 0.1) is 0 Å². The molecule has 0 saturated carbocycles. The molecule has 1 heterocycles. The average Bonchev–Trinajstić information content (AvgIpc) is 2.91. The number of amides is 2. The molecule has 1 fully saturated rings. The third-order valence-corrected chi connectivity index (χ3v) is 4.37. The van der Waals surface area contributed by atoms with E-state index in [9.17, 15) is 13.2 Å². The van der Waals surface area contributed by atoms with Gasteiger partial charge in [-0.3, -0.25) is 0 Å². The fourth-order valence-corrected chi connectivity index (χ4v) is 2.74. The van der Waals surface area contributed by atoms with Crippen molar-refractivity contribution in [3.05, 3.63) is 29.8 Å². The van der Waals surface area contributed by atoms with Gasteiger partial charge in [0.1, 0.15) is 0 Å². The number of hydrogen-bond donors (Lipinski definition) is 2. The normalized spacial score (nSPS) is 17.0. The van der Waals surface area contributed by atoms with Gasteiger partial charge in [-0.2, -0.15) is 0 Å². The third-order valence-electron chi connectivity index (χ3n) is 3.44. The van der Waals surface area contributed by atoms with Gasteiger partial charge in [-0.1, -0.05) is 12.1 Å². The van der Waals surface area contributed by atoms with Gasteiger partial charge in [-0.05, 0) is 37.5 Å². The molecule has 0 aromatic heterocycles. The second-order valence-corrected chi connectivity index (χ2v) is 6.54. The summed E-state index contributed by atoms with van der Waals surface area (Å²) in [6.07, 6.45) is 2.09. The Labute approximate surface area is 119 Å². The quantitative estimate of drug-likeness (QED) is 0.878. The lowest BCUT2D eigenvalue weighted by atomic mass is 10.1. The van der Waals surface area contributed by atoms with Crippen LogP contribution in [0.5, 0.6) is 0 Å². The number of carbonyl (C=O) groups excluding carboxylic acids is 1. The molecule has 20 heavy (non-hydrogen) atoms. The first-order chi connectivity index (χ1) is 9.38. The summed E-state index contributed by atoms with van der Waals surface area (Å²) in [6, 6.07) is 5.96. The Hall–Kier alpha value is -1.60. The minimum absolute atomic E-state index is 0.0688. The van der Waals surface area contributed by atoms with E-state index in [2.05, 4.69) is 5.32 Å². The zero-order valence-corrected chi connectivity index (χ0v) is 12.2. The van der Waals surface area contributed by atoms with Gasteiger partial charge in [0, 0.05) is 13.1 Å². The predicted octanol–water partition coefficient (Wildman–Crippen LogP) is 1.20. The van der Waals surface area contributed by atoms with Crippen molar-refractivity contribution in [1.82, 2.24) is 10.2 Å². The number of likely N-dealkylation sites (tertiary alicyclic amines) is 1. The van der Waals surface area contributed by atoms with Gasteiger partial charge in [0.05, 0.1) is 10.9 Å². The van der Waals surface area contributed by atoms with E-state index in [1.807, 2.05) is 6.92 Å². The predicted molar refractivity (Wildman–Crippen MR) is 75.6 cm³/mol. The van der Waals surface area contributed by atoms with Gasteiger partial charge in [-0.15, -0.1) is 0 Å². The second kappa shape index (κ2) is 5.80. The molecule has 1 aliphatic rings. The molecule has 1 atom stereocenters. The topological polar surface area (TPSA) is 92.5 Å². The lowest BCUT2D eigenvalue weighted by molar-refractivity contribution is 0.205. The number of nitrogens with zero attached hydrogens (tertiary/aromatic N) is 1. The molecule has 2 amide bonds. The zero-order chi connectivity index (χ0) is 14.8. The number of hydrogen-bond acceptors (Lipinski definition) is 3. The molecule has 3 N–H and O–H groups in total. The van der Waals surface area contributed by atoms with E-state index in [0.717, 1.165) is 31.5 Å². The molecule has 0 bridgehead atoms. The monoisotopic (exact) mass is 297 g/mol. The Kier molecular flexibility index (Phi) is 4.29. The first-order valence-electron chi connectivity index (χ1n) is 6.56. The van der Waals surface area contributed by atoms with E-state index in [0.29, 0.717) is 0 Å². The third kappa shape index (κ3) is 3.49. The van der Waals surface area contributed by atoms with Crippen LogP contribution in [0.1, 0.15) is 31.4 Å². The molecule has 0 aliphatic carbocycles. The number of primary sulfonamides is 1. The fourth-order valence-electron chi connectivity index (χ4n) is 2.23. The van der Waals surface area contributed by atoms with Crippen molar-refractivity contribution < 1.29 is 13.2 Å². The van der Waals surface area contributed by atoms with Crippen molar-refractivity contribution in [2.24, 2.45) is 5.14 Å². The van der Waals surface area contributed by atoms with Gasteiger partial charge >= 0.3 is 6.03 Å². The molecule has 6 nitrogen and oxygen atoms in total. The average molecular weight is 297 g/mol. The SMILES string of the molecule is C[C@H](NC(=O)N1CCCC1)c1ccc(S(N)(=O)=O)cc1. The molecule has 0 radical (unpaired) electrons. The minimum Gasteiger partial charge on any atom is -0.331 e. The number of carbonyl (C=O) groups is 1. The van der Waals surface area contributed by atoms with E-state index in [-0.39, 0.29) is 17.0 Å². The number of urea groups is 1. The standard InChI is InChI=1S/C13H19N3O3S/c1-10(15-13(17)16-8-2-3-9-16)11-4-6-12(7-5-11)20(14,18)19/h4-7,10H,2-3,8-9H2,1H3,(H,15,17)(H2,14,18,19)/t10-/m0/s1. The Morgan fingerprint density at radius 2 is 1.80 bits per heavy atom. The summed E-state index contributed by atoms with van der Waals surface area (Å²) in [4.78, 5) is 13.8. The summed E-state index contributed by atoms with van der Waals surface area (Å²) >= 11 is 0. The Morgan fingerprint density at radius 1 is 1.25 bits per heavy atom. The Balaban J connectivity index is 2.02. The van der Waals surface area contributed by atoms with E-state index in [1.54, 1.807) is 17.0 Å². The summed E-state index contributed by atoms with van der Waals surface area (Å²) in [5, 5.41) is 7.94. The second-order valence-electron chi connectivity index (χ2n) is 4.98. The largest absolute Gasteiger partial charge is 0.331 e. The van der Waals surface area contributed by atoms with Crippen molar-refractivity contribution in [2.45, 2.75) is 30.7 Å². The number of rotatable bonds is 3. The lowest BCUT2D eigenvalue weighted by Gasteiger charge is -2.20. The zero-order valence-electron chi connectivity index (χ0n) is 11.4. The molecule has 110 valence electrons. The van der Waals surface area contributed by atoms with Gasteiger partial charge in [0.2, 0.25) is 10.0 Å². The van der Waals surface area contributed by atoms with Crippen LogP contribution in [0.3, 0.4) is 0 Å². The van der Waals surface area contributed by atoms with Crippen LogP contribution in [0.25, 0.3) is 0 Å². The minimum atomic E-state index is -3.68. The smallest absolute Gasteiger partial charge is 0.317 e. The van der Waals surface area contributed by atoms with Crippen LogP contribution >= 0.6 is 0 Å². The number of sulfonamides is 1. The highest BCUT2D eigenvalue weighted by Crippen LogP contribution is 2.16. The molecular formula is C13H19N3O3S. The summed E-state index contributed by atoms with van der Waals surface area (Å²) in [5.41, 5.74) is 0.838. The first kappa shape index (κ1) is 14.8. The van der Waals surface area contributed by atoms with Gasteiger partial charge in [0.15, 0.2) is 0 Å².